The fourth-order valence-electron chi connectivity index (χ4n) is 3.73. The van der Waals surface area contributed by atoms with Crippen LogP contribution in [0.3, 0.4) is 0 Å². The summed E-state index contributed by atoms with van der Waals surface area (Å²) in [5.41, 5.74) is -1.17. The fourth-order valence-corrected chi connectivity index (χ4v) is 3.73. The molecule has 0 spiro atoms. The first-order valence-electron chi connectivity index (χ1n) is 9.51. The van der Waals surface area contributed by atoms with Crippen molar-refractivity contribution in [2.75, 3.05) is 6.54 Å². The molecule has 0 saturated carbocycles. The standard InChI is InChI=1S/C21H27F3N2O2/c1-13(2)20(8-9-25-19(3,4)5)11-17-26(18(20)27)12-14-10-15(21(22,23)24)6-7-16(14)28-17/h6-7,10-11,13,25H,8-9,12H2,1-5H3. The van der Waals surface area contributed by atoms with E-state index in [0.29, 0.717) is 30.2 Å². The Kier molecular flexibility index (Phi) is 5.02. The predicted molar refractivity (Wildman–Crippen MR) is 100 cm³/mol. The molecule has 0 fully saturated rings. The normalized spacial score (nSPS) is 22.1. The predicted octanol–water partition coefficient (Wildman–Crippen LogP) is 4.70. The molecule has 1 unspecified atom stereocenters. The van der Waals surface area contributed by atoms with Gasteiger partial charge in [0.2, 0.25) is 5.91 Å². The number of carbonyl (C=O) groups excluding carboxylic acids is 1. The molecule has 1 aromatic carbocycles. The van der Waals surface area contributed by atoms with Crippen LogP contribution in [-0.4, -0.2) is 22.9 Å². The zero-order valence-electron chi connectivity index (χ0n) is 16.9. The van der Waals surface area contributed by atoms with Crippen LogP contribution in [0, 0.1) is 11.3 Å². The second-order valence-electron chi connectivity index (χ2n) is 8.92. The number of hydrogen-bond acceptors (Lipinski definition) is 3. The Morgan fingerprint density at radius 1 is 1.25 bits per heavy atom. The fraction of sp³-hybridized carbons (Fsp3) is 0.571. The number of alkyl halides is 3. The molecule has 2 heterocycles. The Balaban J connectivity index is 1.87. The average Bonchev–Trinajstić information content (AvgIpc) is 2.83. The van der Waals surface area contributed by atoms with Gasteiger partial charge in [-0.15, -0.1) is 0 Å². The number of halogens is 3. The topological polar surface area (TPSA) is 41.6 Å². The number of carbonyl (C=O) groups is 1. The number of ether oxygens (including phenoxy) is 1. The van der Waals surface area contributed by atoms with Crippen molar-refractivity contribution >= 4 is 5.91 Å². The highest BCUT2D eigenvalue weighted by molar-refractivity contribution is 5.89. The molecule has 0 saturated heterocycles. The molecule has 0 aromatic heterocycles. The van der Waals surface area contributed by atoms with Crippen molar-refractivity contribution in [1.82, 2.24) is 10.2 Å². The molecule has 7 heteroatoms. The maximum Gasteiger partial charge on any atom is 0.416 e. The number of benzene rings is 1. The summed E-state index contributed by atoms with van der Waals surface area (Å²) in [6, 6.07) is 3.40. The van der Waals surface area contributed by atoms with Gasteiger partial charge in [-0.1, -0.05) is 13.8 Å². The zero-order valence-corrected chi connectivity index (χ0v) is 16.9. The van der Waals surface area contributed by atoms with Crippen LogP contribution >= 0.6 is 0 Å². The van der Waals surface area contributed by atoms with Crippen LogP contribution in [0.2, 0.25) is 0 Å². The van der Waals surface area contributed by atoms with Crippen LogP contribution in [0.5, 0.6) is 5.75 Å². The lowest BCUT2D eigenvalue weighted by atomic mass is 9.74. The van der Waals surface area contributed by atoms with E-state index in [1.165, 1.54) is 11.0 Å². The molecule has 1 atom stereocenters. The monoisotopic (exact) mass is 396 g/mol. The highest BCUT2D eigenvalue weighted by Crippen LogP contribution is 2.46. The van der Waals surface area contributed by atoms with Gasteiger partial charge < -0.3 is 10.1 Å². The van der Waals surface area contributed by atoms with Crippen LogP contribution < -0.4 is 10.1 Å². The van der Waals surface area contributed by atoms with E-state index in [-0.39, 0.29) is 23.9 Å². The molecule has 2 aliphatic rings. The SMILES string of the molecule is CC(C)C1(CCNC(C)(C)C)C=C2Oc3ccc(C(F)(F)F)cc3CN2C1=O. The van der Waals surface area contributed by atoms with Crippen LogP contribution in [-0.2, 0) is 17.5 Å². The minimum atomic E-state index is -4.43. The van der Waals surface area contributed by atoms with E-state index in [9.17, 15) is 18.0 Å². The third-order valence-corrected chi connectivity index (χ3v) is 5.45. The lowest BCUT2D eigenvalue weighted by Gasteiger charge is -2.33. The minimum absolute atomic E-state index is 0.0253. The Labute approximate surface area is 163 Å². The van der Waals surface area contributed by atoms with Gasteiger partial charge in [-0.3, -0.25) is 9.69 Å². The van der Waals surface area contributed by atoms with E-state index in [1.54, 1.807) is 0 Å². The largest absolute Gasteiger partial charge is 0.441 e. The van der Waals surface area contributed by atoms with Crippen molar-refractivity contribution in [2.24, 2.45) is 11.3 Å². The van der Waals surface area contributed by atoms with Gasteiger partial charge in [0.15, 0.2) is 5.88 Å². The number of rotatable bonds is 4. The molecule has 0 radical (unpaired) electrons. The third-order valence-electron chi connectivity index (χ3n) is 5.45. The Hall–Kier alpha value is -2.02. The summed E-state index contributed by atoms with van der Waals surface area (Å²) < 4.78 is 44.9. The first-order chi connectivity index (χ1) is 12.8. The van der Waals surface area contributed by atoms with Crippen LogP contribution in [0.25, 0.3) is 0 Å². The van der Waals surface area contributed by atoms with Crippen molar-refractivity contribution < 1.29 is 22.7 Å². The Morgan fingerprint density at radius 3 is 2.50 bits per heavy atom. The molecular formula is C21H27F3N2O2. The summed E-state index contributed by atoms with van der Waals surface area (Å²) in [4.78, 5) is 14.8. The molecular weight excluding hydrogens is 369 g/mol. The molecule has 0 aliphatic carbocycles. The third kappa shape index (κ3) is 3.77. The molecule has 0 bridgehead atoms. The van der Waals surface area contributed by atoms with Gasteiger partial charge in [-0.25, -0.2) is 0 Å². The number of hydrogen-bond donors (Lipinski definition) is 1. The molecule has 1 N–H and O–H groups in total. The minimum Gasteiger partial charge on any atom is -0.441 e. The van der Waals surface area contributed by atoms with Gasteiger partial charge in [-0.05, 0) is 63.9 Å². The summed E-state index contributed by atoms with van der Waals surface area (Å²) >= 11 is 0. The molecule has 1 amide bonds. The molecule has 154 valence electrons. The summed E-state index contributed by atoms with van der Waals surface area (Å²) in [6.07, 6.45) is -1.99. The zero-order chi connectivity index (χ0) is 20.9. The van der Waals surface area contributed by atoms with Gasteiger partial charge in [0.05, 0.1) is 17.5 Å². The smallest absolute Gasteiger partial charge is 0.416 e. The summed E-state index contributed by atoms with van der Waals surface area (Å²) in [5.74, 6) is 0.700. The number of nitrogens with one attached hydrogen (secondary N) is 1. The number of nitrogens with zero attached hydrogens (tertiary/aromatic N) is 1. The first-order valence-corrected chi connectivity index (χ1v) is 9.51. The molecule has 1 aromatic rings. The van der Waals surface area contributed by atoms with E-state index in [0.717, 1.165) is 12.1 Å². The van der Waals surface area contributed by atoms with E-state index in [1.807, 2.05) is 19.9 Å². The molecule has 4 nitrogen and oxygen atoms in total. The van der Waals surface area contributed by atoms with Gasteiger partial charge in [0, 0.05) is 11.1 Å². The highest BCUT2D eigenvalue weighted by atomic mass is 19.4. The van der Waals surface area contributed by atoms with E-state index >= 15 is 0 Å². The maximum absolute atomic E-state index is 13.3. The van der Waals surface area contributed by atoms with Gasteiger partial charge in [-0.2, -0.15) is 13.2 Å². The van der Waals surface area contributed by atoms with Gasteiger partial charge in [0.1, 0.15) is 5.75 Å². The molecule has 2 aliphatic heterocycles. The quantitative estimate of drug-likeness (QED) is 0.802. The van der Waals surface area contributed by atoms with Crippen molar-refractivity contribution in [2.45, 2.75) is 59.3 Å². The van der Waals surface area contributed by atoms with E-state index in [4.69, 9.17) is 4.74 Å². The maximum atomic E-state index is 13.3. The molecule has 28 heavy (non-hydrogen) atoms. The average molecular weight is 396 g/mol. The summed E-state index contributed by atoms with van der Waals surface area (Å²) in [7, 11) is 0. The second kappa shape index (κ2) is 6.79. The Bertz CT molecular complexity index is 809. The van der Waals surface area contributed by atoms with Crippen molar-refractivity contribution in [3.05, 3.63) is 41.3 Å². The van der Waals surface area contributed by atoms with Crippen molar-refractivity contribution in [3.63, 3.8) is 0 Å². The van der Waals surface area contributed by atoms with Crippen molar-refractivity contribution in [1.29, 1.82) is 0 Å². The van der Waals surface area contributed by atoms with Gasteiger partial charge in [0.25, 0.3) is 0 Å². The van der Waals surface area contributed by atoms with Crippen LogP contribution in [0.1, 0.15) is 52.2 Å². The lowest BCUT2D eigenvalue weighted by Crippen LogP contribution is -2.44. The Morgan fingerprint density at radius 2 is 1.93 bits per heavy atom. The summed E-state index contributed by atoms with van der Waals surface area (Å²) in [5, 5.41) is 3.41. The number of fused-ring (bicyclic) bond motifs is 2. The van der Waals surface area contributed by atoms with Gasteiger partial charge >= 0.3 is 6.18 Å². The van der Waals surface area contributed by atoms with Crippen molar-refractivity contribution in [3.8, 4) is 5.75 Å². The molecule has 3 rings (SSSR count). The second-order valence-corrected chi connectivity index (χ2v) is 8.92. The van der Waals surface area contributed by atoms with Crippen LogP contribution in [0.15, 0.2) is 30.2 Å². The summed E-state index contributed by atoms with van der Waals surface area (Å²) in [6.45, 7) is 10.9. The first kappa shape index (κ1) is 20.7. The van der Waals surface area contributed by atoms with E-state index in [2.05, 4.69) is 26.1 Å². The van der Waals surface area contributed by atoms with Crippen LogP contribution in [0.4, 0.5) is 13.2 Å². The van der Waals surface area contributed by atoms with E-state index < -0.39 is 17.2 Å². The number of amides is 1. The lowest BCUT2D eigenvalue weighted by molar-refractivity contribution is -0.139. The highest BCUT2D eigenvalue weighted by Gasteiger charge is 2.50.